The normalized spacial score (nSPS) is 11.6. The van der Waals surface area contributed by atoms with E-state index in [-0.39, 0.29) is 5.91 Å². The smallest absolute Gasteiger partial charge is 0.261 e. The van der Waals surface area contributed by atoms with E-state index in [1.54, 1.807) is 24.3 Å². The first kappa shape index (κ1) is 18.4. The molecule has 2 rings (SSSR count). The first-order valence-electron chi connectivity index (χ1n) is 7.68. The zero-order chi connectivity index (χ0) is 17.4. The lowest BCUT2D eigenvalue weighted by Gasteiger charge is -2.18. The number of para-hydroxylation sites is 2. The molecule has 4 nitrogen and oxygen atoms in total. The fourth-order valence-corrected chi connectivity index (χ4v) is 2.40. The minimum atomic E-state index is -0.606. The van der Waals surface area contributed by atoms with E-state index in [1.165, 1.54) is 0 Å². The van der Waals surface area contributed by atoms with E-state index in [0.29, 0.717) is 41.1 Å². The standard InChI is InChI=1S/C18H19Cl2NO3/c1-2-15(24-17-10-6-4-8-14(17)20)18(22)21-11-12-23-16-9-5-3-7-13(16)19/h3-10,15H,2,11-12H2,1H3,(H,21,22)/t15-/m0/s1. The highest BCUT2D eigenvalue weighted by atomic mass is 35.5. The number of carbonyl (C=O) groups is 1. The van der Waals surface area contributed by atoms with E-state index in [4.69, 9.17) is 32.7 Å². The van der Waals surface area contributed by atoms with Gasteiger partial charge in [-0.1, -0.05) is 54.4 Å². The Hall–Kier alpha value is -1.91. The number of carbonyl (C=O) groups excluding carboxylic acids is 1. The Bertz CT molecular complexity index is 679. The van der Waals surface area contributed by atoms with Crippen molar-refractivity contribution in [2.45, 2.75) is 19.4 Å². The van der Waals surface area contributed by atoms with Gasteiger partial charge in [-0.05, 0) is 30.7 Å². The summed E-state index contributed by atoms with van der Waals surface area (Å²) in [5, 5.41) is 3.80. The molecule has 1 amide bonds. The molecule has 0 aliphatic carbocycles. The maximum Gasteiger partial charge on any atom is 0.261 e. The third-order valence-electron chi connectivity index (χ3n) is 3.26. The van der Waals surface area contributed by atoms with Gasteiger partial charge >= 0.3 is 0 Å². The van der Waals surface area contributed by atoms with Crippen LogP contribution in [0.2, 0.25) is 10.0 Å². The van der Waals surface area contributed by atoms with Crippen LogP contribution in [0.3, 0.4) is 0 Å². The van der Waals surface area contributed by atoms with Crippen LogP contribution in [-0.4, -0.2) is 25.2 Å². The predicted octanol–water partition coefficient (Wildman–Crippen LogP) is 4.35. The van der Waals surface area contributed by atoms with Gasteiger partial charge in [0, 0.05) is 0 Å². The number of hydrogen-bond acceptors (Lipinski definition) is 3. The van der Waals surface area contributed by atoms with Crippen LogP contribution in [0.15, 0.2) is 48.5 Å². The molecule has 1 atom stereocenters. The van der Waals surface area contributed by atoms with Gasteiger partial charge < -0.3 is 14.8 Å². The third-order valence-corrected chi connectivity index (χ3v) is 3.89. The van der Waals surface area contributed by atoms with Crippen molar-refractivity contribution in [3.05, 3.63) is 58.6 Å². The maximum atomic E-state index is 12.2. The summed E-state index contributed by atoms with van der Waals surface area (Å²) in [4.78, 5) is 12.2. The minimum Gasteiger partial charge on any atom is -0.490 e. The monoisotopic (exact) mass is 367 g/mol. The van der Waals surface area contributed by atoms with Crippen molar-refractivity contribution >= 4 is 29.1 Å². The SMILES string of the molecule is CC[C@H](Oc1ccccc1Cl)C(=O)NCCOc1ccccc1Cl. The Kier molecular flexibility index (Phi) is 7.22. The molecule has 6 heteroatoms. The molecule has 0 saturated heterocycles. The van der Waals surface area contributed by atoms with Gasteiger partial charge in [0.25, 0.3) is 5.91 Å². The van der Waals surface area contributed by atoms with Crippen LogP contribution in [0.1, 0.15) is 13.3 Å². The van der Waals surface area contributed by atoms with Crippen molar-refractivity contribution in [2.75, 3.05) is 13.2 Å². The summed E-state index contributed by atoms with van der Waals surface area (Å²) in [5.41, 5.74) is 0. The van der Waals surface area contributed by atoms with Crippen molar-refractivity contribution in [1.82, 2.24) is 5.32 Å². The number of ether oxygens (including phenoxy) is 2. The third kappa shape index (κ3) is 5.32. The van der Waals surface area contributed by atoms with Gasteiger partial charge in [-0.3, -0.25) is 4.79 Å². The molecule has 0 unspecified atom stereocenters. The van der Waals surface area contributed by atoms with Gasteiger partial charge in [0.1, 0.15) is 18.1 Å². The Labute approximate surface area is 151 Å². The van der Waals surface area contributed by atoms with Gasteiger partial charge in [0.15, 0.2) is 6.10 Å². The molecule has 0 aliphatic rings. The molecule has 0 spiro atoms. The molecule has 2 aromatic carbocycles. The second-order valence-electron chi connectivity index (χ2n) is 5.02. The lowest BCUT2D eigenvalue weighted by atomic mass is 10.2. The summed E-state index contributed by atoms with van der Waals surface area (Å²) < 4.78 is 11.2. The summed E-state index contributed by atoms with van der Waals surface area (Å²) in [5.74, 6) is 0.876. The Morgan fingerprint density at radius 2 is 1.62 bits per heavy atom. The van der Waals surface area contributed by atoms with E-state index in [0.717, 1.165) is 0 Å². The molecule has 0 bridgehead atoms. The van der Waals surface area contributed by atoms with Crippen LogP contribution in [0.25, 0.3) is 0 Å². The van der Waals surface area contributed by atoms with E-state index < -0.39 is 6.10 Å². The number of hydrogen-bond donors (Lipinski definition) is 1. The van der Waals surface area contributed by atoms with Crippen LogP contribution >= 0.6 is 23.2 Å². The number of benzene rings is 2. The highest BCUT2D eigenvalue weighted by Crippen LogP contribution is 2.25. The van der Waals surface area contributed by atoms with Crippen molar-refractivity contribution in [2.24, 2.45) is 0 Å². The summed E-state index contributed by atoms with van der Waals surface area (Å²) in [6, 6.07) is 14.3. The number of halogens is 2. The summed E-state index contributed by atoms with van der Waals surface area (Å²) in [7, 11) is 0. The van der Waals surface area contributed by atoms with Crippen LogP contribution in [0, 0.1) is 0 Å². The highest BCUT2D eigenvalue weighted by Gasteiger charge is 2.18. The largest absolute Gasteiger partial charge is 0.490 e. The number of nitrogens with one attached hydrogen (secondary N) is 1. The summed E-state index contributed by atoms with van der Waals surface area (Å²) in [6.45, 7) is 2.55. The average Bonchev–Trinajstić information content (AvgIpc) is 2.59. The molecule has 2 aromatic rings. The fraction of sp³-hybridized carbons (Fsp3) is 0.278. The van der Waals surface area contributed by atoms with E-state index in [1.807, 2.05) is 31.2 Å². The Morgan fingerprint density at radius 1 is 1.04 bits per heavy atom. The predicted molar refractivity (Wildman–Crippen MR) is 96.1 cm³/mol. The molecular weight excluding hydrogens is 349 g/mol. The molecule has 0 heterocycles. The number of rotatable bonds is 8. The first-order valence-corrected chi connectivity index (χ1v) is 8.43. The van der Waals surface area contributed by atoms with E-state index in [9.17, 15) is 4.79 Å². The molecule has 24 heavy (non-hydrogen) atoms. The molecular formula is C18H19Cl2NO3. The van der Waals surface area contributed by atoms with Crippen molar-refractivity contribution < 1.29 is 14.3 Å². The van der Waals surface area contributed by atoms with Gasteiger partial charge in [0.05, 0.1) is 16.6 Å². The van der Waals surface area contributed by atoms with Crippen molar-refractivity contribution in [3.8, 4) is 11.5 Å². The molecule has 0 aromatic heterocycles. The lowest BCUT2D eigenvalue weighted by Crippen LogP contribution is -2.39. The molecule has 0 aliphatic heterocycles. The molecule has 0 fully saturated rings. The quantitative estimate of drug-likeness (QED) is 0.705. The van der Waals surface area contributed by atoms with Crippen LogP contribution in [0.4, 0.5) is 0 Å². The minimum absolute atomic E-state index is 0.208. The van der Waals surface area contributed by atoms with Crippen molar-refractivity contribution in [3.63, 3.8) is 0 Å². The molecule has 0 saturated carbocycles. The Morgan fingerprint density at radius 3 is 2.21 bits per heavy atom. The second-order valence-corrected chi connectivity index (χ2v) is 5.83. The molecule has 1 N–H and O–H groups in total. The van der Waals surface area contributed by atoms with Crippen LogP contribution in [-0.2, 0) is 4.79 Å². The van der Waals surface area contributed by atoms with Gasteiger partial charge in [-0.25, -0.2) is 0 Å². The van der Waals surface area contributed by atoms with E-state index in [2.05, 4.69) is 5.32 Å². The zero-order valence-corrected chi connectivity index (χ0v) is 14.8. The van der Waals surface area contributed by atoms with Crippen molar-refractivity contribution in [1.29, 1.82) is 0 Å². The van der Waals surface area contributed by atoms with Crippen LogP contribution < -0.4 is 14.8 Å². The van der Waals surface area contributed by atoms with E-state index >= 15 is 0 Å². The molecule has 128 valence electrons. The lowest BCUT2D eigenvalue weighted by molar-refractivity contribution is -0.128. The summed E-state index contributed by atoms with van der Waals surface area (Å²) >= 11 is 12.0. The zero-order valence-electron chi connectivity index (χ0n) is 13.3. The molecule has 0 radical (unpaired) electrons. The summed E-state index contributed by atoms with van der Waals surface area (Å²) in [6.07, 6.45) is -0.0761. The maximum absolute atomic E-state index is 12.2. The topological polar surface area (TPSA) is 47.6 Å². The van der Waals surface area contributed by atoms with Gasteiger partial charge in [-0.2, -0.15) is 0 Å². The second kappa shape index (κ2) is 9.40. The first-order chi connectivity index (χ1) is 11.6. The van der Waals surface area contributed by atoms with Gasteiger partial charge in [-0.15, -0.1) is 0 Å². The highest BCUT2D eigenvalue weighted by molar-refractivity contribution is 6.32. The number of amides is 1. The average molecular weight is 368 g/mol. The van der Waals surface area contributed by atoms with Gasteiger partial charge in [0.2, 0.25) is 0 Å². The van der Waals surface area contributed by atoms with Crippen LogP contribution in [0.5, 0.6) is 11.5 Å². The Balaban J connectivity index is 1.80. The fourth-order valence-electron chi connectivity index (χ4n) is 2.03.